The van der Waals surface area contributed by atoms with Crippen molar-refractivity contribution in [3.63, 3.8) is 0 Å². The topological polar surface area (TPSA) is 80.7 Å². The maximum absolute atomic E-state index is 12.3. The predicted octanol–water partition coefficient (Wildman–Crippen LogP) is 2.58. The molecule has 0 fully saturated rings. The molecule has 3 aromatic rings. The third-order valence-electron chi connectivity index (χ3n) is 3.98. The molecule has 3 rings (SSSR count). The van der Waals surface area contributed by atoms with E-state index < -0.39 is 11.2 Å². The Kier molecular flexibility index (Phi) is 4.69. The number of allylic oxidation sites excluding steroid dienone is 1. The lowest BCUT2D eigenvalue weighted by molar-refractivity contribution is 0.683. The lowest BCUT2D eigenvalue weighted by Gasteiger charge is -2.03. The minimum atomic E-state index is -0.448. The van der Waals surface area contributed by atoms with Crippen LogP contribution in [0.5, 0.6) is 0 Å². The number of nitrogens with zero attached hydrogens (tertiary/aromatic N) is 4. The SMILES string of the molecule is Cc1ccc(-c2csc(/C(C#N)=C/c3cn(C)c(=O)n(C)c3=O)n2)cc1. The van der Waals surface area contributed by atoms with Crippen molar-refractivity contribution in [1.82, 2.24) is 14.1 Å². The average molecular weight is 364 g/mol. The predicted molar refractivity (Wildman–Crippen MR) is 103 cm³/mol. The fourth-order valence-corrected chi connectivity index (χ4v) is 3.28. The lowest BCUT2D eigenvalue weighted by Crippen LogP contribution is -2.37. The maximum atomic E-state index is 12.3. The van der Waals surface area contributed by atoms with E-state index >= 15 is 0 Å². The second-order valence-electron chi connectivity index (χ2n) is 5.92. The van der Waals surface area contributed by atoms with E-state index in [2.05, 4.69) is 11.1 Å². The highest BCUT2D eigenvalue weighted by molar-refractivity contribution is 7.11. The Morgan fingerprint density at radius 1 is 1.23 bits per heavy atom. The van der Waals surface area contributed by atoms with Crippen LogP contribution in [-0.2, 0) is 14.1 Å². The van der Waals surface area contributed by atoms with Crippen LogP contribution in [0.15, 0.2) is 45.4 Å². The summed E-state index contributed by atoms with van der Waals surface area (Å²) in [5.74, 6) is 0. The third-order valence-corrected chi connectivity index (χ3v) is 4.85. The van der Waals surface area contributed by atoms with Gasteiger partial charge in [0.2, 0.25) is 0 Å². The number of aryl methyl sites for hydroxylation is 2. The van der Waals surface area contributed by atoms with Gasteiger partial charge in [0, 0.05) is 31.2 Å². The van der Waals surface area contributed by atoms with Gasteiger partial charge in [-0.2, -0.15) is 5.26 Å². The molecule has 26 heavy (non-hydrogen) atoms. The van der Waals surface area contributed by atoms with Gasteiger partial charge in [0.05, 0.1) is 16.8 Å². The quantitative estimate of drug-likeness (QED) is 0.669. The van der Waals surface area contributed by atoms with Crippen molar-refractivity contribution in [2.75, 3.05) is 0 Å². The Labute approximate surface area is 153 Å². The molecule has 7 heteroatoms. The number of benzene rings is 1. The van der Waals surface area contributed by atoms with Gasteiger partial charge in [0.1, 0.15) is 11.1 Å². The van der Waals surface area contributed by atoms with Crippen LogP contribution in [0, 0.1) is 18.3 Å². The molecule has 0 spiro atoms. The van der Waals surface area contributed by atoms with Gasteiger partial charge in [0.15, 0.2) is 0 Å². The molecule has 2 heterocycles. The minimum absolute atomic E-state index is 0.262. The summed E-state index contributed by atoms with van der Waals surface area (Å²) in [5.41, 5.74) is 2.58. The molecule has 1 aromatic carbocycles. The molecule has 130 valence electrons. The fraction of sp³-hybridized carbons (Fsp3) is 0.158. The molecular formula is C19H16N4O2S. The highest BCUT2D eigenvalue weighted by atomic mass is 32.1. The van der Waals surface area contributed by atoms with Crippen molar-refractivity contribution < 1.29 is 0 Å². The Morgan fingerprint density at radius 3 is 2.58 bits per heavy atom. The number of thiazole rings is 1. The molecule has 0 aliphatic rings. The summed E-state index contributed by atoms with van der Waals surface area (Å²) in [4.78, 5) is 28.6. The highest BCUT2D eigenvalue weighted by Crippen LogP contribution is 2.26. The highest BCUT2D eigenvalue weighted by Gasteiger charge is 2.11. The summed E-state index contributed by atoms with van der Waals surface area (Å²) in [6.07, 6.45) is 2.90. The monoisotopic (exact) mass is 364 g/mol. The van der Waals surface area contributed by atoms with Gasteiger partial charge in [-0.1, -0.05) is 29.8 Å². The van der Waals surface area contributed by atoms with Crippen molar-refractivity contribution in [1.29, 1.82) is 5.26 Å². The van der Waals surface area contributed by atoms with Gasteiger partial charge < -0.3 is 4.57 Å². The Morgan fingerprint density at radius 2 is 1.92 bits per heavy atom. The standard InChI is InChI=1S/C19H16N4O2S/c1-12-4-6-13(7-5-12)16-11-26-17(21-16)14(9-20)8-15-10-22(2)19(25)23(3)18(15)24/h4-8,10-11H,1-3H3/b14-8+. The van der Waals surface area contributed by atoms with Crippen molar-refractivity contribution in [2.45, 2.75) is 6.92 Å². The van der Waals surface area contributed by atoms with Crippen LogP contribution < -0.4 is 11.2 Å². The number of hydrogen-bond acceptors (Lipinski definition) is 5. The first-order chi connectivity index (χ1) is 12.4. The first kappa shape index (κ1) is 17.6. The summed E-state index contributed by atoms with van der Waals surface area (Å²) in [7, 11) is 2.97. The van der Waals surface area contributed by atoms with Crippen LogP contribution in [-0.4, -0.2) is 14.1 Å². The number of aromatic nitrogens is 3. The molecule has 0 atom stereocenters. The van der Waals surface area contributed by atoms with Crippen molar-refractivity contribution in [2.24, 2.45) is 14.1 Å². The van der Waals surface area contributed by atoms with E-state index in [1.54, 1.807) is 7.05 Å². The number of hydrogen-bond donors (Lipinski definition) is 0. The van der Waals surface area contributed by atoms with E-state index in [0.717, 1.165) is 21.4 Å². The largest absolute Gasteiger partial charge is 0.330 e. The molecule has 2 aromatic heterocycles. The second kappa shape index (κ2) is 6.94. The zero-order chi connectivity index (χ0) is 18.8. The molecule has 0 radical (unpaired) electrons. The summed E-state index contributed by atoms with van der Waals surface area (Å²) in [6, 6.07) is 10.1. The average Bonchev–Trinajstić information content (AvgIpc) is 3.12. The van der Waals surface area contributed by atoms with E-state index in [-0.39, 0.29) is 11.1 Å². The zero-order valence-electron chi connectivity index (χ0n) is 14.6. The van der Waals surface area contributed by atoms with Gasteiger partial charge in [0.25, 0.3) is 5.56 Å². The normalized spacial score (nSPS) is 11.4. The van der Waals surface area contributed by atoms with Gasteiger partial charge in [-0.3, -0.25) is 9.36 Å². The first-order valence-corrected chi connectivity index (χ1v) is 8.70. The van der Waals surface area contributed by atoms with Gasteiger partial charge >= 0.3 is 5.69 Å². The molecule has 0 bridgehead atoms. The Balaban J connectivity index is 2.05. The first-order valence-electron chi connectivity index (χ1n) is 7.82. The lowest BCUT2D eigenvalue weighted by atomic mass is 10.1. The fourth-order valence-electron chi connectivity index (χ4n) is 2.49. The summed E-state index contributed by atoms with van der Waals surface area (Å²) < 4.78 is 2.32. The number of nitriles is 1. The van der Waals surface area contributed by atoms with Crippen LogP contribution in [0.2, 0.25) is 0 Å². The van der Waals surface area contributed by atoms with Crippen LogP contribution in [0.3, 0.4) is 0 Å². The Bertz CT molecular complexity index is 1160. The van der Waals surface area contributed by atoms with E-state index in [0.29, 0.717) is 5.01 Å². The second-order valence-corrected chi connectivity index (χ2v) is 6.77. The smallest absolute Gasteiger partial charge is 0.303 e. The van der Waals surface area contributed by atoms with Crippen molar-refractivity contribution >= 4 is 23.0 Å². The van der Waals surface area contributed by atoms with Crippen molar-refractivity contribution in [3.8, 4) is 17.3 Å². The molecule has 0 saturated heterocycles. The molecule has 0 aliphatic heterocycles. The summed E-state index contributed by atoms with van der Waals surface area (Å²) in [6.45, 7) is 2.01. The van der Waals surface area contributed by atoms with Crippen LogP contribution in [0.4, 0.5) is 0 Å². The molecule has 0 saturated carbocycles. The minimum Gasteiger partial charge on any atom is -0.303 e. The molecular weight excluding hydrogens is 348 g/mol. The van der Waals surface area contributed by atoms with E-state index in [9.17, 15) is 14.9 Å². The molecule has 0 N–H and O–H groups in total. The molecule has 6 nitrogen and oxygen atoms in total. The molecule has 0 aliphatic carbocycles. The summed E-state index contributed by atoms with van der Waals surface area (Å²) in [5, 5.41) is 11.9. The van der Waals surface area contributed by atoms with Crippen LogP contribution in [0.1, 0.15) is 16.1 Å². The number of rotatable bonds is 3. The molecule has 0 amide bonds. The van der Waals surface area contributed by atoms with Crippen LogP contribution in [0.25, 0.3) is 22.9 Å². The Hall–Kier alpha value is -3.24. The van der Waals surface area contributed by atoms with E-state index in [1.165, 1.54) is 35.2 Å². The third kappa shape index (κ3) is 3.27. The van der Waals surface area contributed by atoms with Gasteiger partial charge in [-0.15, -0.1) is 11.3 Å². The van der Waals surface area contributed by atoms with E-state index in [4.69, 9.17) is 0 Å². The maximum Gasteiger partial charge on any atom is 0.330 e. The van der Waals surface area contributed by atoms with Crippen LogP contribution >= 0.6 is 11.3 Å². The molecule has 0 unspecified atom stereocenters. The summed E-state index contributed by atoms with van der Waals surface area (Å²) >= 11 is 1.34. The van der Waals surface area contributed by atoms with Gasteiger partial charge in [-0.25, -0.2) is 9.78 Å². The zero-order valence-corrected chi connectivity index (χ0v) is 15.4. The van der Waals surface area contributed by atoms with E-state index in [1.807, 2.05) is 36.6 Å². The van der Waals surface area contributed by atoms with Gasteiger partial charge in [-0.05, 0) is 13.0 Å². The van der Waals surface area contributed by atoms with Crippen molar-refractivity contribution in [3.05, 3.63) is 72.8 Å².